The van der Waals surface area contributed by atoms with E-state index in [1.165, 1.54) is 18.2 Å². The number of anilines is 1. The summed E-state index contributed by atoms with van der Waals surface area (Å²) in [7, 11) is -3.91. The van der Waals surface area contributed by atoms with Crippen molar-refractivity contribution >= 4 is 66.4 Å². The molecule has 0 aliphatic carbocycles. The lowest BCUT2D eigenvalue weighted by atomic mass is 10.2. The number of nitrogens with one attached hydrogen (secondary N) is 1. The molecule has 0 bridgehead atoms. The molecule has 0 saturated carbocycles. The third-order valence-corrected chi connectivity index (χ3v) is 5.82. The van der Waals surface area contributed by atoms with Gasteiger partial charge in [0.05, 0.1) is 15.7 Å². The number of rotatable bonds is 3. The van der Waals surface area contributed by atoms with Gasteiger partial charge in [0.2, 0.25) is 0 Å². The Labute approximate surface area is 146 Å². The van der Waals surface area contributed by atoms with Crippen molar-refractivity contribution < 1.29 is 8.42 Å². The smallest absolute Gasteiger partial charge is 0.264 e. The first-order valence-electron chi connectivity index (χ1n) is 5.64. The van der Waals surface area contributed by atoms with E-state index in [2.05, 4.69) is 20.7 Å². The first kappa shape index (κ1) is 16.9. The molecule has 0 unspecified atom stereocenters. The van der Waals surface area contributed by atoms with E-state index in [1.807, 2.05) is 6.92 Å². The summed E-state index contributed by atoms with van der Waals surface area (Å²) in [4.78, 5) is -0.175. The average molecular weight is 430 g/mol. The van der Waals surface area contributed by atoms with Crippen LogP contribution in [0.25, 0.3) is 0 Å². The molecule has 112 valence electrons. The predicted molar refractivity (Wildman–Crippen MR) is 91.2 cm³/mol. The van der Waals surface area contributed by atoms with Crippen LogP contribution in [0.1, 0.15) is 5.56 Å². The van der Waals surface area contributed by atoms with Crippen LogP contribution >= 0.6 is 50.7 Å². The molecule has 0 aliphatic rings. The molecule has 8 heteroatoms. The highest BCUT2D eigenvalue weighted by Crippen LogP contribution is 2.34. The fraction of sp³-hybridized carbons (Fsp3) is 0.0769. The van der Waals surface area contributed by atoms with E-state index in [4.69, 9.17) is 34.8 Å². The molecule has 0 radical (unpaired) electrons. The van der Waals surface area contributed by atoms with Crippen LogP contribution in [0.3, 0.4) is 0 Å². The Morgan fingerprint density at radius 1 is 1.00 bits per heavy atom. The quantitative estimate of drug-likeness (QED) is 0.698. The van der Waals surface area contributed by atoms with Crippen molar-refractivity contribution in [1.29, 1.82) is 0 Å². The van der Waals surface area contributed by atoms with Crippen LogP contribution in [0.2, 0.25) is 15.1 Å². The van der Waals surface area contributed by atoms with Gasteiger partial charge in [0.25, 0.3) is 10.0 Å². The van der Waals surface area contributed by atoms with Gasteiger partial charge in [0, 0.05) is 9.50 Å². The summed E-state index contributed by atoms with van der Waals surface area (Å²) in [6, 6.07) is 7.77. The summed E-state index contributed by atoms with van der Waals surface area (Å²) in [6.45, 7) is 1.82. The predicted octanol–water partition coefficient (Wildman–Crippen LogP) is 5.52. The molecule has 0 aliphatic heterocycles. The van der Waals surface area contributed by atoms with Crippen molar-refractivity contribution in [3.63, 3.8) is 0 Å². The minimum atomic E-state index is -3.91. The van der Waals surface area contributed by atoms with Crippen molar-refractivity contribution in [2.45, 2.75) is 11.8 Å². The van der Waals surface area contributed by atoms with E-state index in [-0.39, 0.29) is 14.9 Å². The fourth-order valence-electron chi connectivity index (χ4n) is 1.65. The highest BCUT2D eigenvalue weighted by Gasteiger charge is 2.22. The minimum absolute atomic E-state index is 0.0279. The van der Waals surface area contributed by atoms with Crippen LogP contribution < -0.4 is 4.72 Å². The Bertz CT molecular complexity index is 786. The van der Waals surface area contributed by atoms with Crippen LogP contribution in [0.4, 0.5) is 5.69 Å². The zero-order valence-electron chi connectivity index (χ0n) is 10.6. The van der Waals surface area contributed by atoms with Gasteiger partial charge in [0.15, 0.2) is 0 Å². The van der Waals surface area contributed by atoms with Crippen LogP contribution in [0.15, 0.2) is 39.7 Å². The van der Waals surface area contributed by atoms with E-state index in [1.54, 1.807) is 12.1 Å². The second kappa shape index (κ2) is 6.34. The first-order valence-corrected chi connectivity index (χ1v) is 9.05. The van der Waals surface area contributed by atoms with Crippen LogP contribution in [-0.4, -0.2) is 8.42 Å². The molecule has 21 heavy (non-hydrogen) atoms. The monoisotopic (exact) mass is 427 g/mol. The molecular formula is C13H9BrCl3NO2S. The minimum Gasteiger partial charge on any atom is -0.279 e. The number of benzene rings is 2. The maximum absolute atomic E-state index is 12.4. The topological polar surface area (TPSA) is 46.2 Å². The van der Waals surface area contributed by atoms with Gasteiger partial charge in [-0.25, -0.2) is 8.42 Å². The molecule has 0 heterocycles. The molecule has 0 saturated heterocycles. The standard InChI is InChI=1S/C13H9BrCl3NO2S/c1-7-2-3-9(6-10(7)15)18-21(19,20)13-11(16)4-8(14)5-12(13)17/h2-6,18H,1H3. The van der Waals surface area contributed by atoms with Gasteiger partial charge in [0.1, 0.15) is 4.90 Å². The lowest BCUT2D eigenvalue weighted by Gasteiger charge is -2.12. The Kier molecular flexibility index (Phi) is 5.11. The van der Waals surface area contributed by atoms with E-state index in [0.717, 1.165) is 5.56 Å². The number of sulfonamides is 1. The van der Waals surface area contributed by atoms with Crippen molar-refractivity contribution in [2.75, 3.05) is 4.72 Å². The fourth-order valence-corrected chi connectivity index (χ4v) is 4.82. The maximum Gasteiger partial charge on any atom is 0.264 e. The molecule has 3 nitrogen and oxygen atoms in total. The highest BCUT2D eigenvalue weighted by atomic mass is 79.9. The van der Waals surface area contributed by atoms with Gasteiger partial charge in [-0.3, -0.25) is 4.72 Å². The largest absolute Gasteiger partial charge is 0.279 e. The number of hydrogen-bond donors (Lipinski definition) is 1. The van der Waals surface area contributed by atoms with Gasteiger partial charge in [-0.05, 0) is 36.8 Å². The molecular weight excluding hydrogens is 420 g/mol. The number of aryl methyl sites for hydroxylation is 1. The molecule has 0 atom stereocenters. The van der Waals surface area contributed by atoms with E-state index >= 15 is 0 Å². The number of halogens is 4. The molecule has 0 fully saturated rings. The van der Waals surface area contributed by atoms with Crippen molar-refractivity contribution in [1.82, 2.24) is 0 Å². The lowest BCUT2D eigenvalue weighted by molar-refractivity contribution is 0.601. The molecule has 1 N–H and O–H groups in total. The number of hydrogen-bond acceptors (Lipinski definition) is 2. The Balaban J connectivity index is 2.46. The highest BCUT2D eigenvalue weighted by molar-refractivity contribution is 9.10. The van der Waals surface area contributed by atoms with Gasteiger partial charge in [-0.15, -0.1) is 0 Å². The van der Waals surface area contributed by atoms with E-state index in [0.29, 0.717) is 15.2 Å². The van der Waals surface area contributed by atoms with Gasteiger partial charge in [-0.2, -0.15) is 0 Å². The lowest BCUT2D eigenvalue weighted by Crippen LogP contribution is -2.14. The third kappa shape index (κ3) is 3.85. The summed E-state index contributed by atoms with van der Waals surface area (Å²) in [5.74, 6) is 0. The Morgan fingerprint density at radius 2 is 1.57 bits per heavy atom. The first-order chi connectivity index (χ1) is 9.70. The summed E-state index contributed by atoms with van der Waals surface area (Å²) < 4.78 is 27.8. The van der Waals surface area contributed by atoms with Crippen LogP contribution in [0, 0.1) is 6.92 Å². The van der Waals surface area contributed by atoms with Gasteiger partial charge >= 0.3 is 0 Å². The SMILES string of the molecule is Cc1ccc(NS(=O)(=O)c2c(Cl)cc(Br)cc2Cl)cc1Cl. The summed E-state index contributed by atoms with van der Waals surface area (Å²) >= 11 is 21.1. The van der Waals surface area contributed by atoms with E-state index < -0.39 is 10.0 Å². The summed E-state index contributed by atoms with van der Waals surface area (Å²) in [5, 5.41) is 0.517. The van der Waals surface area contributed by atoms with Crippen molar-refractivity contribution in [3.8, 4) is 0 Å². The van der Waals surface area contributed by atoms with Gasteiger partial charge < -0.3 is 0 Å². The van der Waals surface area contributed by atoms with E-state index in [9.17, 15) is 8.42 Å². The maximum atomic E-state index is 12.4. The summed E-state index contributed by atoms with van der Waals surface area (Å²) in [5.41, 5.74) is 1.18. The van der Waals surface area contributed by atoms with Gasteiger partial charge in [-0.1, -0.05) is 56.8 Å². The molecule has 2 aromatic rings. The molecule has 2 rings (SSSR count). The zero-order chi connectivity index (χ0) is 15.8. The van der Waals surface area contributed by atoms with Crippen molar-refractivity contribution in [2.24, 2.45) is 0 Å². The van der Waals surface area contributed by atoms with Crippen LogP contribution in [0.5, 0.6) is 0 Å². The Hall–Kier alpha value is -0.460. The normalized spacial score (nSPS) is 11.5. The second-order valence-corrected chi connectivity index (χ2v) is 8.02. The molecule has 0 aromatic heterocycles. The second-order valence-electron chi connectivity index (χ2n) is 4.27. The van der Waals surface area contributed by atoms with Crippen LogP contribution in [-0.2, 0) is 10.0 Å². The summed E-state index contributed by atoms with van der Waals surface area (Å²) in [6.07, 6.45) is 0. The average Bonchev–Trinajstić information content (AvgIpc) is 2.31. The molecule has 0 amide bonds. The zero-order valence-corrected chi connectivity index (χ0v) is 15.3. The third-order valence-electron chi connectivity index (χ3n) is 2.66. The van der Waals surface area contributed by atoms with Crippen molar-refractivity contribution in [3.05, 3.63) is 55.4 Å². The molecule has 2 aromatic carbocycles. The Morgan fingerprint density at radius 3 is 2.10 bits per heavy atom. The molecule has 0 spiro atoms.